The van der Waals surface area contributed by atoms with Gasteiger partial charge in [-0.3, -0.25) is 0 Å². The number of ether oxygens (including phenoxy) is 2. The molecule has 0 radical (unpaired) electrons. The molecule has 0 heterocycles. The lowest BCUT2D eigenvalue weighted by Gasteiger charge is -2.22. The highest BCUT2D eigenvalue weighted by molar-refractivity contribution is 9.09. The summed E-state index contributed by atoms with van der Waals surface area (Å²) in [5, 5.41) is 3.46. The lowest BCUT2D eigenvalue weighted by Crippen LogP contribution is -2.40. The van der Waals surface area contributed by atoms with Gasteiger partial charge in [-0.2, -0.15) is 0 Å². The molecule has 0 saturated heterocycles. The van der Waals surface area contributed by atoms with Gasteiger partial charge in [-0.25, -0.2) is 4.79 Å². The van der Waals surface area contributed by atoms with Crippen LogP contribution in [0.25, 0.3) is 0 Å². The third-order valence-corrected chi connectivity index (χ3v) is 2.36. The fourth-order valence-corrected chi connectivity index (χ4v) is 1.41. The van der Waals surface area contributed by atoms with Gasteiger partial charge < -0.3 is 14.8 Å². The highest BCUT2D eigenvalue weighted by Gasteiger charge is 2.18. The Morgan fingerprint density at radius 1 is 1.47 bits per heavy atom. The Morgan fingerprint density at radius 3 is 2.47 bits per heavy atom. The van der Waals surface area contributed by atoms with Crippen molar-refractivity contribution in [3.63, 3.8) is 0 Å². The predicted octanol–water partition coefficient (Wildman–Crippen LogP) is 2.31. The first-order valence-corrected chi connectivity index (χ1v) is 6.05. The molecule has 90 valence electrons. The van der Waals surface area contributed by atoms with Crippen molar-refractivity contribution >= 4 is 22.0 Å². The average molecular weight is 282 g/mol. The zero-order valence-electron chi connectivity index (χ0n) is 9.80. The van der Waals surface area contributed by atoms with Crippen molar-refractivity contribution in [1.82, 2.24) is 5.32 Å². The minimum Gasteiger partial charge on any atom is -0.444 e. The third-order valence-electron chi connectivity index (χ3n) is 1.58. The molecule has 0 spiro atoms. The maximum absolute atomic E-state index is 11.4. The fourth-order valence-electron chi connectivity index (χ4n) is 0.922. The number of hydrogen-bond acceptors (Lipinski definition) is 3. The van der Waals surface area contributed by atoms with Crippen molar-refractivity contribution in [3.8, 4) is 0 Å². The number of carbonyl (C=O) groups is 1. The van der Waals surface area contributed by atoms with Crippen molar-refractivity contribution in [3.05, 3.63) is 0 Å². The molecule has 0 aliphatic carbocycles. The smallest absolute Gasteiger partial charge is 0.407 e. The maximum atomic E-state index is 11.4. The topological polar surface area (TPSA) is 47.6 Å². The average Bonchev–Trinajstić information content (AvgIpc) is 2.09. The van der Waals surface area contributed by atoms with Gasteiger partial charge in [-0.05, 0) is 27.2 Å². The molecule has 5 heteroatoms. The predicted molar refractivity (Wildman–Crippen MR) is 63.4 cm³/mol. The quantitative estimate of drug-likeness (QED) is 0.787. The van der Waals surface area contributed by atoms with Gasteiger partial charge in [0.25, 0.3) is 0 Å². The van der Waals surface area contributed by atoms with Crippen molar-refractivity contribution in [2.45, 2.75) is 38.8 Å². The lowest BCUT2D eigenvalue weighted by atomic mass is 10.2. The van der Waals surface area contributed by atoms with E-state index >= 15 is 0 Å². The first-order chi connectivity index (χ1) is 6.89. The van der Waals surface area contributed by atoms with Gasteiger partial charge in [-0.15, -0.1) is 0 Å². The van der Waals surface area contributed by atoms with Gasteiger partial charge in [0.05, 0.1) is 0 Å². The second kappa shape index (κ2) is 7.06. The minimum absolute atomic E-state index is 0.0415. The summed E-state index contributed by atoms with van der Waals surface area (Å²) in [5.74, 6) is 0. The maximum Gasteiger partial charge on any atom is 0.407 e. The summed E-state index contributed by atoms with van der Waals surface area (Å²) < 4.78 is 10.1. The second-order valence-electron chi connectivity index (χ2n) is 4.28. The molecular weight excluding hydrogens is 262 g/mol. The summed E-state index contributed by atoms with van der Waals surface area (Å²) in [5.41, 5.74) is -0.456. The molecule has 15 heavy (non-hydrogen) atoms. The monoisotopic (exact) mass is 281 g/mol. The van der Waals surface area contributed by atoms with Crippen molar-refractivity contribution < 1.29 is 14.3 Å². The number of rotatable bonds is 5. The van der Waals surface area contributed by atoms with Gasteiger partial charge in [0.1, 0.15) is 5.60 Å². The molecule has 0 aliphatic rings. The van der Waals surface area contributed by atoms with E-state index < -0.39 is 5.60 Å². The van der Waals surface area contributed by atoms with E-state index in [0.29, 0.717) is 11.9 Å². The Morgan fingerprint density at radius 2 is 2.07 bits per heavy atom. The van der Waals surface area contributed by atoms with Crippen LogP contribution in [0.3, 0.4) is 0 Å². The zero-order chi connectivity index (χ0) is 11.9. The standard InChI is InChI=1S/C10H20BrNO3/c1-10(2,3)15-9(13)12-8(7-11)5-6-14-4/h8H,5-7H2,1-4H3,(H,12,13). The number of hydrogen-bond donors (Lipinski definition) is 1. The fraction of sp³-hybridized carbons (Fsp3) is 0.900. The number of carbonyl (C=O) groups excluding carboxylic acids is 1. The van der Waals surface area contributed by atoms with E-state index in [4.69, 9.17) is 9.47 Å². The molecule has 0 aromatic rings. The van der Waals surface area contributed by atoms with Gasteiger partial charge >= 0.3 is 6.09 Å². The molecule has 0 saturated carbocycles. The van der Waals surface area contributed by atoms with Gasteiger partial charge in [0.2, 0.25) is 0 Å². The third kappa shape index (κ3) is 8.69. The van der Waals surface area contributed by atoms with E-state index in [1.165, 1.54) is 0 Å². The highest BCUT2D eigenvalue weighted by Crippen LogP contribution is 2.07. The molecule has 0 aromatic heterocycles. The van der Waals surface area contributed by atoms with E-state index in [1.807, 2.05) is 20.8 Å². The van der Waals surface area contributed by atoms with Crippen molar-refractivity contribution in [2.24, 2.45) is 0 Å². The van der Waals surface area contributed by atoms with Gasteiger partial charge in [-0.1, -0.05) is 15.9 Å². The number of alkyl halides is 1. The van der Waals surface area contributed by atoms with Crippen LogP contribution < -0.4 is 5.32 Å². The van der Waals surface area contributed by atoms with Crippen LogP contribution in [0.5, 0.6) is 0 Å². The van der Waals surface area contributed by atoms with E-state index in [1.54, 1.807) is 7.11 Å². The molecule has 4 nitrogen and oxygen atoms in total. The Hall–Kier alpha value is -0.290. The Kier molecular flexibility index (Phi) is 6.92. The number of methoxy groups -OCH3 is 1. The Balaban J connectivity index is 3.91. The second-order valence-corrected chi connectivity index (χ2v) is 4.93. The molecule has 0 aliphatic heterocycles. The van der Waals surface area contributed by atoms with E-state index in [9.17, 15) is 4.79 Å². The summed E-state index contributed by atoms with van der Waals surface area (Å²) in [6, 6.07) is 0.0415. The minimum atomic E-state index is -0.456. The van der Waals surface area contributed by atoms with Gasteiger partial charge in [0, 0.05) is 25.1 Å². The van der Waals surface area contributed by atoms with Crippen LogP contribution in [0.2, 0.25) is 0 Å². The number of amides is 1. The summed E-state index contributed by atoms with van der Waals surface area (Å²) in [6.07, 6.45) is 0.379. The number of alkyl carbamates (subject to hydrolysis) is 1. The summed E-state index contributed by atoms with van der Waals surface area (Å²) >= 11 is 3.33. The highest BCUT2D eigenvalue weighted by atomic mass is 79.9. The van der Waals surface area contributed by atoms with Crippen LogP contribution in [-0.2, 0) is 9.47 Å². The van der Waals surface area contributed by atoms with Crippen LogP contribution >= 0.6 is 15.9 Å². The molecule has 1 N–H and O–H groups in total. The molecule has 0 aromatic carbocycles. The van der Waals surface area contributed by atoms with Crippen LogP contribution in [0, 0.1) is 0 Å². The molecule has 0 rings (SSSR count). The Bertz CT molecular complexity index is 192. The van der Waals surface area contributed by atoms with E-state index in [-0.39, 0.29) is 12.1 Å². The lowest BCUT2D eigenvalue weighted by molar-refractivity contribution is 0.0500. The SMILES string of the molecule is COCCC(CBr)NC(=O)OC(C)(C)C. The molecular formula is C10H20BrNO3. The van der Waals surface area contributed by atoms with E-state index in [0.717, 1.165) is 6.42 Å². The molecule has 1 amide bonds. The van der Waals surface area contributed by atoms with Crippen LogP contribution in [0.4, 0.5) is 4.79 Å². The molecule has 0 fully saturated rings. The number of halogens is 1. The largest absolute Gasteiger partial charge is 0.444 e. The first-order valence-electron chi connectivity index (χ1n) is 4.93. The Labute approximate surface area is 99.8 Å². The van der Waals surface area contributed by atoms with Crippen LogP contribution in [-0.4, -0.2) is 36.8 Å². The normalized spacial score (nSPS) is 13.4. The molecule has 1 unspecified atom stereocenters. The van der Waals surface area contributed by atoms with Crippen molar-refractivity contribution in [2.75, 3.05) is 19.0 Å². The molecule has 0 bridgehead atoms. The first kappa shape index (κ1) is 14.7. The summed E-state index contributed by atoms with van der Waals surface area (Å²) in [6.45, 7) is 6.13. The zero-order valence-corrected chi connectivity index (χ0v) is 11.4. The number of nitrogens with one attached hydrogen (secondary N) is 1. The summed E-state index contributed by atoms with van der Waals surface area (Å²) in [4.78, 5) is 11.4. The summed E-state index contributed by atoms with van der Waals surface area (Å²) in [7, 11) is 1.64. The van der Waals surface area contributed by atoms with Gasteiger partial charge in [0.15, 0.2) is 0 Å². The van der Waals surface area contributed by atoms with E-state index in [2.05, 4.69) is 21.2 Å². The van der Waals surface area contributed by atoms with Crippen LogP contribution in [0.1, 0.15) is 27.2 Å². The molecule has 1 atom stereocenters. The van der Waals surface area contributed by atoms with Crippen LogP contribution in [0.15, 0.2) is 0 Å². The van der Waals surface area contributed by atoms with Crippen molar-refractivity contribution in [1.29, 1.82) is 0 Å².